The van der Waals surface area contributed by atoms with Crippen LogP contribution in [0.15, 0.2) is 40.8 Å². The molecule has 0 aliphatic carbocycles. The largest absolute Gasteiger partial charge is 0.496 e. The van der Waals surface area contributed by atoms with E-state index >= 15 is 0 Å². The van der Waals surface area contributed by atoms with E-state index in [9.17, 15) is 4.79 Å². The lowest BCUT2D eigenvalue weighted by atomic mass is 10.1. The first-order valence-electron chi connectivity index (χ1n) is 5.55. The zero-order valence-electron chi connectivity index (χ0n) is 10.3. The maximum absolute atomic E-state index is 10.4. The third kappa shape index (κ3) is 2.95. The van der Waals surface area contributed by atoms with Gasteiger partial charge in [0.2, 0.25) is 0 Å². The van der Waals surface area contributed by atoms with Gasteiger partial charge in [-0.3, -0.25) is 0 Å². The Morgan fingerprint density at radius 3 is 2.84 bits per heavy atom. The van der Waals surface area contributed by atoms with Gasteiger partial charge in [-0.1, -0.05) is 0 Å². The third-order valence-corrected chi connectivity index (χ3v) is 2.51. The molecule has 3 N–H and O–H groups in total. The highest BCUT2D eigenvalue weighted by Gasteiger charge is 2.10. The lowest BCUT2D eigenvalue weighted by Gasteiger charge is -2.06. The van der Waals surface area contributed by atoms with Crippen molar-refractivity contribution in [2.75, 3.05) is 12.8 Å². The molecule has 0 radical (unpaired) electrons. The van der Waals surface area contributed by atoms with Crippen molar-refractivity contribution in [3.8, 4) is 17.1 Å². The van der Waals surface area contributed by atoms with E-state index in [1.807, 2.05) is 0 Å². The molecule has 0 unspecified atom stereocenters. The van der Waals surface area contributed by atoms with Gasteiger partial charge < -0.3 is 20.0 Å². The Balaban J connectivity index is 2.37. The standard InChI is InChI=1S/C14H13NO4/c1-18-12-5-2-9(15)8-11(12)13-6-3-10(19-13)4-7-14(16)17/h2-8H,15H2,1H3,(H,16,17)/b7-4+. The second-order valence-corrected chi connectivity index (χ2v) is 3.83. The van der Waals surface area contributed by atoms with Crippen molar-refractivity contribution in [1.29, 1.82) is 0 Å². The molecule has 0 aliphatic heterocycles. The number of benzene rings is 1. The van der Waals surface area contributed by atoms with Crippen molar-refractivity contribution >= 4 is 17.7 Å². The number of carbonyl (C=O) groups is 1. The molecule has 98 valence electrons. The quantitative estimate of drug-likeness (QED) is 0.651. The number of nitrogen functional groups attached to an aromatic ring is 1. The van der Waals surface area contributed by atoms with E-state index in [1.54, 1.807) is 37.4 Å². The smallest absolute Gasteiger partial charge is 0.328 e. The molecular weight excluding hydrogens is 246 g/mol. The van der Waals surface area contributed by atoms with Crippen LogP contribution in [-0.4, -0.2) is 18.2 Å². The van der Waals surface area contributed by atoms with E-state index in [0.29, 0.717) is 23.0 Å². The van der Waals surface area contributed by atoms with Crippen LogP contribution in [0.2, 0.25) is 0 Å². The summed E-state index contributed by atoms with van der Waals surface area (Å²) in [5.41, 5.74) is 7.05. The molecule has 0 amide bonds. The minimum atomic E-state index is -1.03. The Kier molecular flexibility index (Phi) is 3.56. The maximum atomic E-state index is 10.4. The van der Waals surface area contributed by atoms with Gasteiger partial charge in [-0.05, 0) is 36.4 Å². The summed E-state index contributed by atoms with van der Waals surface area (Å²) < 4.78 is 10.8. The lowest BCUT2D eigenvalue weighted by Crippen LogP contribution is -1.90. The fraction of sp³-hybridized carbons (Fsp3) is 0.0714. The monoisotopic (exact) mass is 259 g/mol. The Labute approximate surface area is 109 Å². The molecule has 19 heavy (non-hydrogen) atoms. The second-order valence-electron chi connectivity index (χ2n) is 3.83. The summed E-state index contributed by atoms with van der Waals surface area (Å²) in [6.07, 6.45) is 2.39. The summed E-state index contributed by atoms with van der Waals surface area (Å²) in [6.45, 7) is 0. The van der Waals surface area contributed by atoms with Crippen LogP contribution < -0.4 is 10.5 Å². The van der Waals surface area contributed by atoms with Gasteiger partial charge in [0.05, 0.1) is 12.7 Å². The molecular formula is C14H13NO4. The SMILES string of the molecule is COc1ccc(N)cc1-c1ccc(/C=C/C(=O)O)o1. The highest BCUT2D eigenvalue weighted by atomic mass is 16.5. The summed E-state index contributed by atoms with van der Waals surface area (Å²) in [6, 6.07) is 8.63. The normalized spacial score (nSPS) is 10.8. The third-order valence-electron chi connectivity index (χ3n) is 2.51. The van der Waals surface area contributed by atoms with Crippen LogP contribution >= 0.6 is 0 Å². The molecule has 2 aromatic rings. The Hall–Kier alpha value is -2.69. The maximum Gasteiger partial charge on any atom is 0.328 e. The molecule has 0 saturated carbocycles. The van der Waals surface area contributed by atoms with E-state index in [-0.39, 0.29) is 0 Å². The van der Waals surface area contributed by atoms with Gasteiger partial charge in [0.15, 0.2) is 0 Å². The van der Waals surface area contributed by atoms with Crippen molar-refractivity contribution in [2.45, 2.75) is 0 Å². The molecule has 0 bridgehead atoms. The number of hydrogen-bond donors (Lipinski definition) is 2. The van der Waals surface area contributed by atoms with Crippen LogP contribution in [0.1, 0.15) is 5.76 Å². The summed E-state index contributed by atoms with van der Waals surface area (Å²) in [5, 5.41) is 8.55. The topological polar surface area (TPSA) is 85.7 Å². The molecule has 1 heterocycles. The van der Waals surface area contributed by atoms with Crippen molar-refractivity contribution in [2.24, 2.45) is 0 Å². The Bertz CT molecular complexity index is 628. The van der Waals surface area contributed by atoms with Crippen LogP contribution in [0.5, 0.6) is 5.75 Å². The number of hydrogen-bond acceptors (Lipinski definition) is 4. The van der Waals surface area contributed by atoms with Crippen LogP contribution in [0.4, 0.5) is 5.69 Å². The average Bonchev–Trinajstić information content (AvgIpc) is 2.85. The van der Waals surface area contributed by atoms with E-state index in [2.05, 4.69) is 0 Å². The van der Waals surface area contributed by atoms with Crippen molar-refractivity contribution in [3.05, 3.63) is 42.2 Å². The summed E-state index contributed by atoms with van der Waals surface area (Å²) >= 11 is 0. The van der Waals surface area contributed by atoms with Gasteiger partial charge in [0.1, 0.15) is 17.3 Å². The number of carboxylic acids is 1. The predicted molar refractivity (Wildman–Crippen MR) is 71.8 cm³/mol. The van der Waals surface area contributed by atoms with Gasteiger partial charge in [-0.15, -0.1) is 0 Å². The Morgan fingerprint density at radius 1 is 1.37 bits per heavy atom. The van der Waals surface area contributed by atoms with Crippen LogP contribution in [0.3, 0.4) is 0 Å². The summed E-state index contributed by atoms with van der Waals surface area (Å²) in [5.74, 6) is 0.618. The van der Waals surface area contributed by atoms with Crippen molar-refractivity contribution < 1.29 is 19.1 Å². The number of ether oxygens (including phenoxy) is 1. The molecule has 0 fully saturated rings. The number of rotatable bonds is 4. The Morgan fingerprint density at radius 2 is 2.16 bits per heavy atom. The zero-order chi connectivity index (χ0) is 13.8. The van der Waals surface area contributed by atoms with E-state index in [4.69, 9.17) is 20.0 Å². The minimum Gasteiger partial charge on any atom is -0.496 e. The van der Waals surface area contributed by atoms with Gasteiger partial charge in [-0.25, -0.2) is 4.79 Å². The number of anilines is 1. The number of furan rings is 1. The summed E-state index contributed by atoms with van der Waals surface area (Å²) in [4.78, 5) is 10.4. The minimum absolute atomic E-state index is 0.446. The van der Waals surface area contributed by atoms with Crippen LogP contribution in [0.25, 0.3) is 17.4 Å². The van der Waals surface area contributed by atoms with Crippen molar-refractivity contribution in [1.82, 2.24) is 0 Å². The first-order valence-corrected chi connectivity index (χ1v) is 5.55. The van der Waals surface area contributed by atoms with Gasteiger partial charge in [0, 0.05) is 11.8 Å². The second kappa shape index (κ2) is 5.30. The molecule has 2 rings (SSSR count). The zero-order valence-corrected chi connectivity index (χ0v) is 10.3. The average molecular weight is 259 g/mol. The van der Waals surface area contributed by atoms with Crippen LogP contribution in [-0.2, 0) is 4.79 Å². The molecule has 1 aromatic heterocycles. The van der Waals surface area contributed by atoms with Gasteiger partial charge in [0.25, 0.3) is 0 Å². The highest BCUT2D eigenvalue weighted by molar-refractivity contribution is 5.85. The van der Waals surface area contributed by atoms with Gasteiger partial charge >= 0.3 is 5.97 Å². The summed E-state index contributed by atoms with van der Waals surface area (Å²) in [7, 11) is 1.56. The lowest BCUT2D eigenvalue weighted by molar-refractivity contribution is -0.131. The van der Waals surface area contributed by atoms with E-state index in [0.717, 1.165) is 11.6 Å². The van der Waals surface area contributed by atoms with E-state index in [1.165, 1.54) is 6.08 Å². The molecule has 0 atom stereocenters. The first kappa shape index (κ1) is 12.8. The predicted octanol–water partition coefficient (Wildman–Crippen LogP) is 2.64. The highest BCUT2D eigenvalue weighted by Crippen LogP contribution is 2.33. The molecule has 5 nitrogen and oxygen atoms in total. The molecule has 1 aromatic carbocycles. The molecule has 5 heteroatoms. The first-order chi connectivity index (χ1) is 9.10. The fourth-order valence-electron chi connectivity index (χ4n) is 1.66. The van der Waals surface area contributed by atoms with E-state index < -0.39 is 5.97 Å². The number of carboxylic acid groups (broad SMARTS) is 1. The number of nitrogens with two attached hydrogens (primary N) is 1. The molecule has 0 saturated heterocycles. The van der Waals surface area contributed by atoms with Crippen LogP contribution in [0, 0.1) is 0 Å². The number of aliphatic carboxylic acids is 1. The molecule has 0 spiro atoms. The van der Waals surface area contributed by atoms with Crippen molar-refractivity contribution in [3.63, 3.8) is 0 Å². The van der Waals surface area contributed by atoms with Gasteiger partial charge in [-0.2, -0.15) is 0 Å². The fourth-order valence-corrected chi connectivity index (χ4v) is 1.66. The molecule has 0 aliphatic rings. The number of methoxy groups -OCH3 is 1.